The topological polar surface area (TPSA) is 51.9 Å². The van der Waals surface area contributed by atoms with Crippen LogP contribution in [0.15, 0.2) is 57.7 Å². The van der Waals surface area contributed by atoms with Gasteiger partial charge in [0.15, 0.2) is 0 Å². The number of methoxy groups -OCH3 is 2. The molecule has 140 valence electrons. The smallest absolute Gasteiger partial charge is 0.336 e. The van der Waals surface area contributed by atoms with Crippen LogP contribution in [-0.2, 0) is 6.54 Å². The summed E-state index contributed by atoms with van der Waals surface area (Å²) in [5, 5.41) is 0.954. The molecule has 5 nitrogen and oxygen atoms in total. The minimum atomic E-state index is -0.328. The Bertz CT molecular complexity index is 993. The van der Waals surface area contributed by atoms with Crippen molar-refractivity contribution < 1.29 is 13.9 Å². The van der Waals surface area contributed by atoms with E-state index in [2.05, 4.69) is 17.0 Å². The highest BCUT2D eigenvalue weighted by atomic mass is 16.5. The summed E-state index contributed by atoms with van der Waals surface area (Å²) in [6.45, 7) is 1.72. The Morgan fingerprint density at radius 2 is 1.78 bits per heavy atom. The minimum Gasteiger partial charge on any atom is -0.497 e. The van der Waals surface area contributed by atoms with Crippen molar-refractivity contribution in [3.8, 4) is 11.5 Å². The molecule has 1 aliphatic heterocycles. The summed E-state index contributed by atoms with van der Waals surface area (Å²) >= 11 is 0. The van der Waals surface area contributed by atoms with Crippen molar-refractivity contribution >= 4 is 11.0 Å². The normalized spacial score (nSPS) is 17.3. The zero-order chi connectivity index (χ0) is 18.8. The molecule has 0 N–H and O–H groups in total. The van der Waals surface area contributed by atoms with Gasteiger partial charge in [0.25, 0.3) is 0 Å². The second kappa shape index (κ2) is 7.45. The molecule has 2 heterocycles. The van der Waals surface area contributed by atoms with Crippen molar-refractivity contribution in [3.05, 3.63) is 70.1 Å². The fourth-order valence-electron chi connectivity index (χ4n) is 3.91. The second-order valence-electron chi connectivity index (χ2n) is 6.85. The average Bonchev–Trinajstić information content (AvgIpc) is 3.15. The highest BCUT2D eigenvalue weighted by Gasteiger charge is 2.26. The molecule has 27 heavy (non-hydrogen) atoms. The monoisotopic (exact) mass is 365 g/mol. The van der Waals surface area contributed by atoms with Crippen LogP contribution >= 0.6 is 0 Å². The standard InChI is InChI=1S/C22H23NO4/c1-25-17-7-5-15(6-8-17)20-4-3-11-23(20)14-16-12-22(24)27-21-13-18(26-2)9-10-19(16)21/h5-10,12-13,20H,3-4,11,14H2,1-2H3. The zero-order valence-corrected chi connectivity index (χ0v) is 15.6. The Balaban J connectivity index is 1.65. The molecule has 1 unspecified atom stereocenters. The highest BCUT2D eigenvalue weighted by molar-refractivity contribution is 5.81. The van der Waals surface area contributed by atoms with E-state index in [1.807, 2.05) is 24.3 Å². The number of fused-ring (bicyclic) bond motifs is 1. The summed E-state index contributed by atoms with van der Waals surface area (Å²) in [4.78, 5) is 14.5. The van der Waals surface area contributed by atoms with Crippen LogP contribution in [-0.4, -0.2) is 25.7 Å². The summed E-state index contributed by atoms with van der Waals surface area (Å²) in [5.41, 5.74) is 2.51. The molecular weight excluding hydrogens is 342 g/mol. The average molecular weight is 365 g/mol. The van der Waals surface area contributed by atoms with E-state index in [4.69, 9.17) is 13.9 Å². The molecule has 0 spiro atoms. The van der Waals surface area contributed by atoms with E-state index in [0.29, 0.717) is 23.9 Å². The summed E-state index contributed by atoms with van der Waals surface area (Å²) in [5.74, 6) is 1.55. The fourth-order valence-corrected chi connectivity index (χ4v) is 3.91. The van der Waals surface area contributed by atoms with Gasteiger partial charge in [0, 0.05) is 30.1 Å². The number of rotatable bonds is 5. The van der Waals surface area contributed by atoms with E-state index in [1.54, 1.807) is 26.4 Å². The maximum absolute atomic E-state index is 12.1. The fraction of sp³-hybridized carbons (Fsp3) is 0.318. The predicted molar refractivity (Wildman–Crippen MR) is 104 cm³/mol. The molecule has 1 fully saturated rings. The van der Waals surface area contributed by atoms with Crippen LogP contribution in [0.5, 0.6) is 11.5 Å². The summed E-state index contributed by atoms with van der Waals surface area (Å²) in [6.07, 6.45) is 2.25. The van der Waals surface area contributed by atoms with Crippen molar-refractivity contribution in [2.24, 2.45) is 0 Å². The largest absolute Gasteiger partial charge is 0.497 e. The van der Waals surface area contributed by atoms with Crippen molar-refractivity contribution in [3.63, 3.8) is 0 Å². The molecule has 1 aromatic heterocycles. The third-order valence-electron chi connectivity index (χ3n) is 5.28. The van der Waals surface area contributed by atoms with Crippen molar-refractivity contribution in [2.75, 3.05) is 20.8 Å². The van der Waals surface area contributed by atoms with E-state index in [9.17, 15) is 4.79 Å². The molecule has 0 saturated carbocycles. The van der Waals surface area contributed by atoms with Crippen LogP contribution < -0.4 is 15.1 Å². The van der Waals surface area contributed by atoms with Crippen LogP contribution in [0, 0.1) is 0 Å². The van der Waals surface area contributed by atoms with Crippen LogP contribution in [0.25, 0.3) is 11.0 Å². The van der Waals surface area contributed by atoms with E-state index in [0.717, 1.165) is 36.1 Å². The summed E-state index contributed by atoms with van der Waals surface area (Å²) < 4.78 is 15.9. The molecule has 1 saturated heterocycles. The molecule has 0 bridgehead atoms. The van der Waals surface area contributed by atoms with E-state index in [-0.39, 0.29) is 5.63 Å². The van der Waals surface area contributed by atoms with Crippen LogP contribution in [0.3, 0.4) is 0 Å². The molecule has 0 radical (unpaired) electrons. The number of likely N-dealkylation sites (tertiary alicyclic amines) is 1. The number of hydrogen-bond acceptors (Lipinski definition) is 5. The number of nitrogens with zero attached hydrogens (tertiary/aromatic N) is 1. The van der Waals surface area contributed by atoms with Crippen LogP contribution in [0.4, 0.5) is 0 Å². The lowest BCUT2D eigenvalue weighted by molar-refractivity contribution is 0.249. The van der Waals surface area contributed by atoms with Gasteiger partial charge in [-0.3, -0.25) is 4.90 Å². The van der Waals surface area contributed by atoms with Gasteiger partial charge in [-0.05, 0) is 54.8 Å². The van der Waals surface area contributed by atoms with Crippen LogP contribution in [0.2, 0.25) is 0 Å². The van der Waals surface area contributed by atoms with Gasteiger partial charge in [-0.15, -0.1) is 0 Å². The summed E-state index contributed by atoms with van der Waals surface area (Å²) in [6, 6.07) is 15.9. The molecule has 1 atom stereocenters. The van der Waals surface area contributed by atoms with Gasteiger partial charge >= 0.3 is 5.63 Å². The number of hydrogen-bond donors (Lipinski definition) is 0. The maximum atomic E-state index is 12.1. The third-order valence-corrected chi connectivity index (χ3v) is 5.28. The SMILES string of the molecule is COc1ccc(C2CCCN2Cc2cc(=O)oc3cc(OC)ccc23)cc1. The molecule has 3 aromatic rings. The first-order chi connectivity index (χ1) is 13.2. The first kappa shape index (κ1) is 17.6. The molecule has 0 amide bonds. The summed E-state index contributed by atoms with van der Waals surface area (Å²) in [7, 11) is 3.28. The second-order valence-corrected chi connectivity index (χ2v) is 6.85. The number of benzene rings is 2. The highest BCUT2D eigenvalue weighted by Crippen LogP contribution is 2.35. The van der Waals surface area contributed by atoms with Gasteiger partial charge in [-0.25, -0.2) is 4.79 Å². The molecular formula is C22H23NO4. The van der Waals surface area contributed by atoms with Gasteiger partial charge in [-0.2, -0.15) is 0 Å². The van der Waals surface area contributed by atoms with Gasteiger partial charge in [0.05, 0.1) is 14.2 Å². The molecule has 2 aromatic carbocycles. The first-order valence-corrected chi connectivity index (χ1v) is 9.16. The Morgan fingerprint density at radius 3 is 2.52 bits per heavy atom. The molecule has 5 heteroatoms. The molecule has 4 rings (SSSR count). The van der Waals surface area contributed by atoms with Gasteiger partial charge in [0.2, 0.25) is 0 Å². The van der Waals surface area contributed by atoms with E-state index >= 15 is 0 Å². The van der Waals surface area contributed by atoms with Crippen LogP contribution in [0.1, 0.15) is 30.0 Å². The number of ether oxygens (including phenoxy) is 2. The van der Waals surface area contributed by atoms with Crippen molar-refractivity contribution in [1.82, 2.24) is 4.90 Å². The van der Waals surface area contributed by atoms with Gasteiger partial charge < -0.3 is 13.9 Å². The lowest BCUT2D eigenvalue weighted by atomic mass is 10.0. The lowest BCUT2D eigenvalue weighted by Gasteiger charge is -2.25. The third kappa shape index (κ3) is 3.55. The van der Waals surface area contributed by atoms with Crippen molar-refractivity contribution in [1.29, 1.82) is 0 Å². The molecule has 1 aliphatic rings. The van der Waals surface area contributed by atoms with E-state index < -0.39 is 0 Å². The first-order valence-electron chi connectivity index (χ1n) is 9.16. The molecule has 0 aliphatic carbocycles. The Morgan fingerprint density at radius 1 is 1.04 bits per heavy atom. The van der Waals surface area contributed by atoms with E-state index in [1.165, 1.54) is 5.56 Å². The zero-order valence-electron chi connectivity index (χ0n) is 15.6. The quantitative estimate of drug-likeness (QED) is 0.636. The van der Waals surface area contributed by atoms with Gasteiger partial charge in [-0.1, -0.05) is 12.1 Å². The Hall–Kier alpha value is -2.79. The Kier molecular flexibility index (Phi) is 4.86. The maximum Gasteiger partial charge on any atom is 0.336 e. The Labute approximate surface area is 158 Å². The van der Waals surface area contributed by atoms with Gasteiger partial charge in [0.1, 0.15) is 17.1 Å². The minimum absolute atomic E-state index is 0.328. The van der Waals surface area contributed by atoms with Crippen molar-refractivity contribution in [2.45, 2.75) is 25.4 Å². The predicted octanol–water partition coefficient (Wildman–Crippen LogP) is 4.15. The lowest BCUT2D eigenvalue weighted by Crippen LogP contribution is -2.23.